The smallest absolute Gasteiger partial charge is 0.457 e. The third-order valence-corrected chi connectivity index (χ3v) is 5.88. The van der Waals surface area contributed by atoms with Gasteiger partial charge in [-0.15, -0.1) is 0 Å². The zero-order chi connectivity index (χ0) is 27.8. The van der Waals surface area contributed by atoms with Crippen molar-refractivity contribution in [1.82, 2.24) is 0 Å². The van der Waals surface area contributed by atoms with E-state index in [0.717, 1.165) is 33.7 Å². The summed E-state index contributed by atoms with van der Waals surface area (Å²) in [4.78, 5) is 0.798. The van der Waals surface area contributed by atoms with Crippen LogP contribution in [0, 0.1) is 20.8 Å². The van der Waals surface area contributed by atoms with Gasteiger partial charge in [-0.2, -0.15) is 35.1 Å². The van der Waals surface area contributed by atoms with Gasteiger partial charge >= 0.3 is 18.3 Å². The largest absolute Gasteiger partial charge is 0.458 e. The van der Waals surface area contributed by atoms with Crippen LogP contribution >= 0.6 is 0 Å². The second-order valence-corrected chi connectivity index (χ2v) is 8.57. The standard InChI is InChI=1S/C26H23F8NO2/c1-15-10-22(11-16(2)17(15)3)37-21-9-5-8-20(13-21)35(14-23(36)25(29,30)31)19-7-4-6-18(12-19)24(27,28)26(32,33)34/h4-13,23,36H,14H2,1-3H3. The topological polar surface area (TPSA) is 32.7 Å². The highest BCUT2D eigenvalue weighted by Crippen LogP contribution is 2.45. The van der Waals surface area contributed by atoms with E-state index in [2.05, 4.69) is 0 Å². The fourth-order valence-electron chi connectivity index (χ4n) is 3.57. The van der Waals surface area contributed by atoms with E-state index in [-0.39, 0.29) is 11.4 Å². The molecule has 0 bridgehead atoms. The third-order valence-electron chi connectivity index (χ3n) is 5.88. The van der Waals surface area contributed by atoms with Crippen LogP contribution in [0.1, 0.15) is 22.3 Å². The number of hydrogen-bond donors (Lipinski definition) is 1. The highest BCUT2D eigenvalue weighted by atomic mass is 19.4. The Morgan fingerprint density at radius 2 is 1.30 bits per heavy atom. The van der Waals surface area contributed by atoms with Gasteiger partial charge in [0.2, 0.25) is 0 Å². The molecule has 3 nitrogen and oxygen atoms in total. The first kappa shape index (κ1) is 28.2. The molecule has 1 N–H and O–H groups in total. The number of alkyl halides is 8. The van der Waals surface area contributed by atoms with Crippen LogP contribution in [0.4, 0.5) is 46.5 Å². The highest BCUT2D eigenvalue weighted by Gasteiger charge is 2.58. The summed E-state index contributed by atoms with van der Waals surface area (Å²) >= 11 is 0. The maximum absolute atomic E-state index is 14.0. The second-order valence-electron chi connectivity index (χ2n) is 8.57. The van der Waals surface area contributed by atoms with E-state index in [1.807, 2.05) is 20.8 Å². The van der Waals surface area contributed by atoms with Gasteiger partial charge in [0, 0.05) is 23.0 Å². The van der Waals surface area contributed by atoms with E-state index >= 15 is 0 Å². The molecule has 0 aromatic heterocycles. The first-order chi connectivity index (χ1) is 17.0. The maximum Gasteiger partial charge on any atom is 0.458 e. The van der Waals surface area contributed by atoms with Crippen LogP contribution in [0.3, 0.4) is 0 Å². The molecule has 0 fully saturated rings. The molecule has 0 saturated heterocycles. The summed E-state index contributed by atoms with van der Waals surface area (Å²) in [5, 5.41) is 9.70. The molecule has 0 heterocycles. The summed E-state index contributed by atoms with van der Waals surface area (Å²) in [6.07, 6.45) is -13.9. The predicted molar refractivity (Wildman–Crippen MR) is 123 cm³/mol. The first-order valence-corrected chi connectivity index (χ1v) is 10.9. The Hall–Kier alpha value is -3.34. The Morgan fingerprint density at radius 3 is 1.84 bits per heavy atom. The Labute approximate surface area is 207 Å². The number of ether oxygens (including phenoxy) is 1. The number of halogens is 8. The molecule has 37 heavy (non-hydrogen) atoms. The van der Waals surface area contributed by atoms with E-state index in [0.29, 0.717) is 17.9 Å². The molecule has 3 aromatic rings. The van der Waals surface area contributed by atoms with Crippen molar-refractivity contribution >= 4 is 11.4 Å². The first-order valence-electron chi connectivity index (χ1n) is 10.9. The molecule has 200 valence electrons. The Balaban J connectivity index is 2.05. The Kier molecular flexibility index (Phi) is 7.78. The van der Waals surface area contributed by atoms with Crippen LogP contribution in [-0.4, -0.2) is 30.1 Å². The van der Waals surface area contributed by atoms with Gasteiger partial charge < -0.3 is 14.7 Å². The van der Waals surface area contributed by atoms with Gasteiger partial charge in [-0.05, 0) is 73.9 Å². The SMILES string of the molecule is Cc1cc(Oc2cccc(N(CC(O)C(F)(F)F)c3cccc(C(F)(F)C(F)(F)F)c3)c2)cc(C)c1C. The lowest BCUT2D eigenvalue weighted by Crippen LogP contribution is -2.39. The minimum absolute atomic E-state index is 0.0335. The minimum atomic E-state index is -5.92. The van der Waals surface area contributed by atoms with Crippen molar-refractivity contribution in [2.45, 2.75) is 45.2 Å². The molecule has 0 amide bonds. The van der Waals surface area contributed by atoms with Gasteiger partial charge in [0.1, 0.15) is 11.5 Å². The lowest BCUT2D eigenvalue weighted by Gasteiger charge is -2.30. The van der Waals surface area contributed by atoms with Gasteiger partial charge in [-0.1, -0.05) is 18.2 Å². The van der Waals surface area contributed by atoms with Gasteiger partial charge in [-0.25, -0.2) is 0 Å². The summed E-state index contributed by atoms with van der Waals surface area (Å²) < 4.78 is 112. The number of aliphatic hydroxyl groups is 1. The molecule has 0 spiro atoms. The number of aliphatic hydroxyl groups excluding tert-OH is 1. The number of hydrogen-bond acceptors (Lipinski definition) is 3. The summed E-state index contributed by atoms with van der Waals surface area (Å²) in [5.74, 6) is -4.64. The zero-order valence-electron chi connectivity index (χ0n) is 19.9. The van der Waals surface area contributed by atoms with Crippen molar-refractivity contribution in [1.29, 1.82) is 0 Å². The minimum Gasteiger partial charge on any atom is -0.457 e. The van der Waals surface area contributed by atoms with Crippen molar-refractivity contribution in [2.75, 3.05) is 11.4 Å². The van der Waals surface area contributed by atoms with Crippen LogP contribution in [0.25, 0.3) is 0 Å². The highest BCUT2D eigenvalue weighted by molar-refractivity contribution is 5.66. The fourth-order valence-corrected chi connectivity index (χ4v) is 3.57. The van der Waals surface area contributed by atoms with Crippen LogP contribution in [0.2, 0.25) is 0 Å². The van der Waals surface area contributed by atoms with E-state index < -0.39 is 42.2 Å². The van der Waals surface area contributed by atoms with Crippen LogP contribution in [-0.2, 0) is 5.92 Å². The van der Waals surface area contributed by atoms with Gasteiger partial charge in [0.05, 0.1) is 6.54 Å². The quantitative estimate of drug-likeness (QED) is 0.312. The molecule has 1 unspecified atom stereocenters. The summed E-state index contributed by atoms with van der Waals surface area (Å²) in [5.41, 5.74) is 1.01. The van der Waals surface area contributed by atoms with Crippen LogP contribution in [0.5, 0.6) is 11.5 Å². The fraction of sp³-hybridized carbons (Fsp3) is 0.308. The van der Waals surface area contributed by atoms with E-state index in [4.69, 9.17) is 4.74 Å². The van der Waals surface area contributed by atoms with Crippen molar-refractivity contribution in [2.24, 2.45) is 0 Å². The molecule has 0 aliphatic heterocycles. The Morgan fingerprint density at radius 1 is 0.757 bits per heavy atom. The maximum atomic E-state index is 14.0. The van der Waals surface area contributed by atoms with E-state index in [1.165, 1.54) is 24.3 Å². The van der Waals surface area contributed by atoms with Crippen molar-refractivity contribution in [3.8, 4) is 11.5 Å². The summed E-state index contributed by atoms with van der Waals surface area (Å²) in [6.45, 7) is 4.50. The monoisotopic (exact) mass is 533 g/mol. The number of aryl methyl sites for hydroxylation is 2. The summed E-state index contributed by atoms with van der Waals surface area (Å²) in [6, 6.07) is 11.9. The van der Waals surface area contributed by atoms with Crippen LogP contribution in [0.15, 0.2) is 60.7 Å². The van der Waals surface area contributed by atoms with Crippen LogP contribution < -0.4 is 9.64 Å². The molecular formula is C26H23F8NO2. The third kappa shape index (κ3) is 6.33. The summed E-state index contributed by atoms with van der Waals surface area (Å²) in [7, 11) is 0. The molecular weight excluding hydrogens is 510 g/mol. The molecule has 3 rings (SSSR count). The molecule has 0 saturated carbocycles. The number of benzene rings is 3. The van der Waals surface area contributed by atoms with Gasteiger partial charge in [0.15, 0.2) is 6.10 Å². The zero-order valence-corrected chi connectivity index (χ0v) is 19.9. The van der Waals surface area contributed by atoms with Crippen molar-refractivity contribution < 1.29 is 45.0 Å². The molecule has 11 heteroatoms. The molecule has 0 aliphatic rings. The molecule has 1 atom stereocenters. The van der Waals surface area contributed by atoms with Crippen molar-refractivity contribution in [3.05, 3.63) is 82.9 Å². The molecule has 3 aromatic carbocycles. The molecule has 0 aliphatic carbocycles. The van der Waals surface area contributed by atoms with Gasteiger partial charge in [-0.3, -0.25) is 0 Å². The van der Waals surface area contributed by atoms with Crippen molar-refractivity contribution in [3.63, 3.8) is 0 Å². The lowest BCUT2D eigenvalue weighted by atomic mass is 10.0. The van der Waals surface area contributed by atoms with E-state index in [9.17, 15) is 40.2 Å². The number of anilines is 2. The van der Waals surface area contributed by atoms with E-state index in [1.54, 1.807) is 12.1 Å². The average molecular weight is 533 g/mol. The number of nitrogens with zero attached hydrogens (tertiary/aromatic N) is 1. The normalized spacial score (nSPS) is 13.4. The average Bonchev–Trinajstić information content (AvgIpc) is 2.79. The second kappa shape index (κ2) is 10.2. The van der Waals surface area contributed by atoms with Gasteiger partial charge in [0.25, 0.3) is 0 Å². The Bertz CT molecular complexity index is 1230. The lowest BCUT2D eigenvalue weighted by molar-refractivity contribution is -0.289. The molecule has 0 radical (unpaired) electrons. The predicted octanol–water partition coefficient (Wildman–Crippen LogP) is 8.12. The number of rotatable bonds is 7.